The number of nitrogens with one attached hydrogen (secondary N) is 1. The Morgan fingerprint density at radius 2 is 1.57 bits per heavy atom. The normalized spacial score (nSPS) is 13.8. The number of hydrogen-bond acceptors (Lipinski definition) is 5. The monoisotopic (exact) mass is 404 g/mol. The highest BCUT2D eigenvalue weighted by molar-refractivity contribution is 5.99. The number of Topliss-reactive ketones (excluding diaryl/α,β-unsaturated/α-hetero) is 1. The van der Waals surface area contributed by atoms with Gasteiger partial charge < -0.3 is 10.1 Å². The number of hydrogen-bond donors (Lipinski definition) is 1. The maximum absolute atomic E-state index is 12.4. The van der Waals surface area contributed by atoms with Crippen LogP contribution in [0.2, 0.25) is 0 Å². The quantitative estimate of drug-likeness (QED) is 0.536. The molecule has 0 bridgehead atoms. The summed E-state index contributed by atoms with van der Waals surface area (Å²) in [4.78, 5) is 35.9. The first-order chi connectivity index (χ1) is 14.6. The molecule has 1 fully saturated rings. The van der Waals surface area contributed by atoms with Gasteiger partial charge in [0.05, 0.1) is 11.6 Å². The van der Waals surface area contributed by atoms with Gasteiger partial charge in [-0.2, -0.15) is 5.26 Å². The number of carbonyl (C=O) groups excluding carboxylic acids is 3. The molecule has 3 rings (SSSR count). The molecule has 2 aromatic rings. The summed E-state index contributed by atoms with van der Waals surface area (Å²) in [7, 11) is 0. The number of benzene rings is 2. The van der Waals surface area contributed by atoms with Gasteiger partial charge in [0.2, 0.25) is 5.91 Å². The molecule has 1 aliphatic rings. The Hall–Kier alpha value is -3.46. The third-order valence-corrected chi connectivity index (χ3v) is 5.29. The van der Waals surface area contributed by atoms with Crippen LogP contribution in [0.3, 0.4) is 0 Å². The highest BCUT2D eigenvalue weighted by Crippen LogP contribution is 2.32. The maximum Gasteiger partial charge on any atom is 0.338 e. The van der Waals surface area contributed by atoms with Gasteiger partial charge in [0.1, 0.15) is 6.42 Å². The lowest BCUT2D eigenvalue weighted by molar-refractivity contribution is -0.115. The van der Waals surface area contributed by atoms with E-state index in [4.69, 9.17) is 10.00 Å². The maximum atomic E-state index is 12.4. The lowest BCUT2D eigenvalue weighted by Crippen LogP contribution is -2.15. The van der Waals surface area contributed by atoms with Gasteiger partial charge in [-0.1, -0.05) is 43.5 Å². The molecule has 0 heterocycles. The second-order valence-electron chi connectivity index (χ2n) is 7.42. The number of amides is 1. The molecule has 0 saturated heterocycles. The van der Waals surface area contributed by atoms with Crippen molar-refractivity contribution in [3.8, 4) is 6.07 Å². The molecule has 0 aliphatic heterocycles. The van der Waals surface area contributed by atoms with Crippen LogP contribution in [-0.2, 0) is 9.53 Å². The Kier molecular flexibility index (Phi) is 7.34. The van der Waals surface area contributed by atoms with Crippen molar-refractivity contribution in [2.24, 2.45) is 0 Å². The first kappa shape index (κ1) is 21.3. The van der Waals surface area contributed by atoms with E-state index in [1.165, 1.54) is 61.9 Å². The van der Waals surface area contributed by atoms with Crippen molar-refractivity contribution in [1.29, 1.82) is 5.26 Å². The molecular weight excluding hydrogens is 380 g/mol. The summed E-state index contributed by atoms with van der Waals surface area (Å²) in [6.45, 7) is -0.331. The molecule has 0 atom stereocenters. The summed E-state index contributed by atoms with van der Waals surface area (Å²) >= 11 is 0. The summed E-state index contributed by atoms with van der Waals surface area (Å²) in [5, 5.41) is 11.0. The molecule has 2 aromatic carbocycles. The zero-order chi connectivity index (χ0) is 21.3. The first-order valence-corrected chi connectivity index (χ1v) is 10.1. The Morgan fingerprint density at radius 1 is 0.933 bits per heavy atom. The summed E-state index contributed by atoms with van der Waals surface area (Å²) < 4.78 is 5.13. The number of anilines is 1. The molecule has 6 nitrogen and oxygen atoms in total. The van der Waals surface area contributed by atoms with Gasteiger partial charge in [-0.3, -0.25) is 9.59 Å². The molecule has 1 aliphatic carbocycles. The van der Waals surface area contributed by atoms with E-state index >= 15 is 0 Å². The fraction of sp³-hybridized carbons (Fsp3) is 0.333. The Bertz CT molecular complexity index is 937. The Morgan fingerprint density at radius 3 is 2.20 bits per heavy atom. The van der Waals surface area contributed by atoms with Crippen LogP contribution in [-0.4, -0.2) is 24.3 Å². The number of carbonyl (C=O) groups is 3. The van der Waals surface area contributed by atoms with E-state index in [-0.39, 0.29) is 24.4 Å². The number of nitriles is 1. The summed E-state index contributed by atoms with van der Waals surface area (Å²) in [5.74, 6) is -0.711. The van der Waals surface area contributed by atoms with Gasteiger partial charge in [0, 0.05) is 11.3 Å². The van der Waals surface area contributed by atoms with E-state index in [2.05, 4.69) is 5.32 Å². The van der Waals surface area contributed by atoms with Crippen molar-refractivity contribution in [2.45, 2.75) is 44.4 Å². The van der Waals surface area contributed by atoms with E-state index in [1.807, 2.05) is 12.1 Å². The predicted molar refractivity (Wildman–Crippen MR) is 112 cm³/mol. The zero-order valence-corrected chi connectivity index (χ0v) is 16.7. The lowest BCUT2D eigenvalue weighted by Gasteiger charge is -2.22. The van der Waals surface area contributed by atoms with Crippen molar-refractivity contribution in [2.75, 3.05) is 11.9 Å². The van der Waals surface area contributed by atoms with Crippen molar-refractivity contribution in [3.63, 3.8) is 0 Å². The summed E-state index contributed by atoms with van der Waals surface area (Å²) in [6.07, 6.45) is 5.98. The molecule has 1 saturated carbocycles. The third kappa shape index (κ3) is 5.77. The van der Waals surface area contributed by atoms with Crippen LogP contribution in [0.4, 0.5) is 5.69 Å². The summed E-state index contributed by atoms with van der Waals surface area (Å²) in [6, 6.07) is 15.4. The van der Waals surface area contributed by atoms with E-state index in [0.717, 1.165) is 0 Å². The van der Waals surface area contributed by atoms with Crippen molar-refractivity contribution in [1.82, 2.24) is 0 Å². The van der Waals surface area contributed by atoms with Gasteiger partial charge >= 0.3 is 5.97 Å². The van der Waals surface area contributed by atoms with E-state index in [9.17, 15) is 14.4 Å². The van der Waals surface area contributed by atoms with Crippen LogP contribution in [0.5, 0.6) is 0 Å². The Labute approximate surface area is 175 Å². The average Bonchev–Trinajstić information content (AvgIpc) is 2.78. The van der Waals surface area contributed by atoms with Gasteiger partial charge in [0.25, 0.3) is 0 Å². The zero-order valence-electron chi connectivity index (χ0n) is 16.7. The van der Waals surface area contributed by atoms with Gasteiger partial charge in [-0.05, 0) is 48.6 Å². The number of ketones is 1. The summed E-state index contributed by atoms with van der Waals surface area (Å²) in [5.41, 5.74) is 2.54. The minimum absolute atomic E-state index is 0.243. The van der Waals surface area contributed by atoms with E-state index in [0.29, 0.717) is 17.2 Å². The smallest absolute Gasteiger partial charge is 0.338 e. The van der Waals surface area contributed by atoms with Crippen LogP contribution >= 0.6 is 0 Å². The fourth-order valence-corrected chi connectivity index (χ4v) is 3.64. The lowest BCUT2D eigenvalue weighted by atomic mass is 9.84. The largest absolute Gasteiger partial charge is 0.454 e. The average molecular weight is 404 g/mol. The molecular formula is C24H24N2O4. The number of rotatable bonds is 7. The number of esters is 1. The minimum Gasteiger partial charge on any atom is -0.454 e. The second-order valence-corrected chi connectivity index (χ2v) is 7.42. The second kappa shape index (κ2) is 10.4. The molecule has 154 valence electrons. The number of nitrogens with zero attached hydrogens (tertiary/aromatic N) is 1. The topological polar surface area (TPSA) is 96.3 Å². The standard InChI is InChI=1S/C24H24N2O4/c25-15-14-23(28)26-21-12-10-20(11-13-21)24(29)30-16-22(27)19-8-6-18(7-9-19)17-4-2-1-3-5-17/h6-13,17H,1-5,14,16H2,(H,26,28). The molecule has 0 radical (unpaired) electrons. The third-order valence-electron chi connectivity index (χ3n) is 5.29. The first-order valence-electron chi connectivity index (χ1n) is 10.1. The SMILES string of the molecule is N#CCC(=O)Nc1ccc(C(=O)OCC(=O)c2ccc(C3CCCCC3)cc2)cc1. The van der Waals surface area contributed by atoms with Gasteiger partial charge in [0.15, 0.2) is 12.4 Å². The van der Waals surface area contributed by atoms with Crippen LogP contribution in [0, 0.1) is 11.3 Å². The molecule has 0 unspecified atom stereocenters. The highest BCUT2D eigenvalue weighted by Gasteiger charge is 2.17. The van der Waals surface area contributed by atoms with Crippen LogP contribution < -0.4 is 5.32 Å². The van der Waals surface area contributed by atoms with Crippen molar-refractivity contribution < 1.29 is 19.1 Å². The molecule has 0 spiro atoms. The van der Waals surface area contributed by atoms with Crippen LogP contribution in [0.25, 0.3) is 0 Å². The molecule has 30 heavy (non-hydrogen) atoms. The van der Waals surface area contributed by atoms with E-state index in [1.54, 1.807) is 18.2 Å². The molecule has 1 N–H and O–H groups in total. The number of ether oxygens (including phenoxy) is 1. The minimum atomic E-state index is -0.614. The van der Waals surface area contributed by atoms with Gasteiger partial charge in [-0.15, -0.1) is 0 Å². The molecule has 0 aromatic heterocycles. The van der Waals surface area contributed by atoms with Crippen molar-refractivity contribution in [3.05, 3.63) is 65.2 Å². The molecule has 6 heteroatoms. The predicted octanol–water partition coefficient (Wildman–Crippen LogP) is 4.63. The molecule has 1 amide bonds. The van der Waals surface area contributed by atoms with E-state index < -0.39 is 11.9 Å². The van der Waals surface area contributed by atoms with Crippen molar-refractivity contribution >= 4 is 23.3 Å². The van der Waals surface area contributed by atoms with Crippen LogP contribution in [0.15, 0.2) is 48.5 Å². The highest BCUT2D eigenvalue weighted by atomic mass is 16.5. The van der Waals surface area contributed by atoms with Crippen LogP contribution in [0.1, 0.15) is 70.7 Å². The Balaban J connectivity index is 1.51. The fourth-order valence-electron chi connectivity index (χ4n) is 3.64. The van der Waals surface area contributed by atoms with Gasteiger partial charge in [-0.25, -0.2) is 4.79 Å².